The Labute approximate surface area is 137 Å². The lowest BCUT2D eigenvalue weighted by atomic mass is 9.91. The van der Waals surface area contributed by atoms with E-state index in [0.717, 1.165) is 12.1 Å². The zero-order valence-electron chi connectivity index (χ0n) is 13.1. The smallest absolute Gasteiger partial charge is 0.416 e. The van der Waals surface area contributed by atoms with Gasteiger partial charge >= 0.3 is 18.2 Å². The van der Waals surface area contributed by atoms with Crippen LogP contribution in [0.5, 0.6) is 0 Å². The van der Waals surface area contributed by atoms with Gasteiger partial charge in [0.05, 0.1) is 11.5 Å². The van der Waals surface area contributed by atoms with Crippen molar-refractivity contribution >= 4 is 12.0 Å². The molecule has 1 aliphatic heterocycles. The number of alkyl halides is 3. The van der Waals surface area contributed by atoms with E-state index in [9.17, 15) is 22.8 Å². The molecule has 132 valence electrons. The van der Waals surface area contributed by atoms with Crippen molar-refractivity contribution in [2.24, 2.45) is 11.8 Å². The summed E-state index contributed by atoms with van der Waals surface area (Å²) >= 11 is 0. The Morgan fingerprint density at radius 2 is 2.04 bits per heavy atom. The molecule has 0 spiro atoms. The lowest BCUT2D eigenvalue weighted by Crippen LogP contribution is -2.49. The summed E-state index contributed by atoms with van der Waals surface area (Å²) < 4.78 is 38.0. The molecule has 1 saturated heterocycles. The van der Waals surface area contributed by atoms with E-state index in [1.54, 1.807) is 0 Å². The minimum atomic E-state index is -4.43. The Morgan fingerprint density at radius 1 is 1.33 bits per heavy atom. The van der Waals surface area contributed by atoms with E-state index < -0.39 is 29.7 Å². The Balaban J connectivity index is 1.97. The molecule has 24 heavy (non-hydrogen) atoms. The minimum absolute atomic E-state index is 0.0502. The third-order valence-corrected chi connectivity index (χ3v) is 3.99. The second kappa shape index (κ2) is 7.11. The highest BCUT2D eigenvalue weighted by atomic mass is 19.4. The number of benzene rings is 1. The summed E-state index contributed by atoms with van der Waals surface area (Å²) in [4.78, 5) is 24.7. The number of hydrogen-bond donors (Lipinski definition) is 2. The van der Waals surface area contributed by atoms with Gasteiger partial charge < -0.3 is 15.3 Å². The van der Waals surface area contributed by atoms with E-state index in [1.165, 1.54) is 17.0 Å². The van der Waals surface area contributed by atoms with Gasteiger partial charge in [0.1, 0.15) is 0 Å². The third-order valence-electron chi connectivity index (χ3n) is 3.99. The normalized spacial score (nSPS) is 21.4. The van der Waals surface area contributed by atoms with Crippen molar-refractivity contribution in [2.45, 2.75) is 26.1 Å². The second-order valence-electron chi connectivity index (χ2n) is 6.14. The average molecular weight is 344 g/mol. The number of rotatable bonds is 3. The summed E-state index contributed by atoms with van der Waals surface area (Å²) in [7, 11) is 0. The number of carbonyl (C=O) groups is 2. The summed E-state index contributed by atoms with van der Waals surface area (Å²) in [6.45, 7) is 2.35. The maximum Gasteiger partial charge on any atom is 0.416 e. The lowest BCUT2D eigenvalue weighted by molar-refractivity contribution is -0.143. The zero-order chi connectivity index (χ0) is 17.9. The standard InChI is InChI=1S/C16H19F3N2O3/c1-10-5-12(14(22)23)9-21(8-10)15(24)20-7-11-3-2-4-13(6-11)16(17,18)19/h2-4,6,10,12H,5,7-9H2,1H3,(H,20,24)(H,22,23). The van der Waals surface area contributed by atoms with Gasteiger partial charge in [-0.25, -0.2) is 4.79 Å². The van der Waals surface area contributed by atoms with Crippen molar-refractivity contribution in [1.29, 1.82) is 0 Å². The van der Waals surface area contributed by atoms with Gasteiger partial charge in [-0.15, -0.1) is 0 Å². The summed E-state index contributed by atoms with van der Waals surface area (Å²) in [6.07, 6.45) is -3.93. The highest BCUT2D eigenvalue weighted by Gasteiger charge is 2.32. The van der Waals surface area contributed by atoms with Gasteiger partial charge in [0, 0.05) is 19.6 Å². The molecule has 8 heteroatoms. The Hall–Kier alpha value is -2.25. The number of carboxylic acid groups (broad SMARTS) is 1. The van der Waals surface area contributed by atoms with E-state index >= 15 is 0 Å². The molecule has 1 heterocycles. The molecule has 1 fully saturated rings. The van der Waals surface area contributed by atoms with E-state index in [4.69, 9.17) is 5.11 Å². The van der Waals surface area contributed by atoms with E-state index in [0.29, 0.717) is 18.5 Å². The molecule has 0 saturated carbocycles. The van der Waals surface area contributed by atoms with Crippen LogP contribution in [-0.2, 0) is 17.5 Å². The monoisotopic (exact) mass is 344 g/mol. The van der Waals surface area contributed by atoms with Crippen molar-refractivity contribution in [3.63, 3.8) is 0 Å². The molecule has 0 radical (unpaired) electrons. The Morgan fingerprint density at radius 3 is 2.67 bits per heavy atom. The van der Waals surface area contributed by atoms with E-state index in [1.807, 2.05) is 6.92 Å². The molecule has 2 atom stereocenters. The van der Waals surface area contributed by atoms with Gasteiger partial charge in [-0.3, -0.25) is 4.79 Å². The molecule has 0 aliphatic carbocycles. The van der Waals surface area contributed by atoms with Gasteiger partial charge in [0.15, 0.2) is 0 Å². The Bertz CT molecular complexity index is 619. The van der Waals surface area contributed by atoms with Crippen LogP contribution < -0.4 is 5.32 Å². The number of nitrogens with zero attached hydrogens (tertiary/aromatic N) is 1. The Kier molecular flexibility index (Phi) is 5.36. The number of nitrogens with one attached hydrogen (secondary N) is 1. The summed E-state index contributed by atoms with van der Waals surface area (Å²) in [5.41, 5.74) is -0.440. The first-order valence-electron chi connectivity index (χ1n) is 7.58. The van der Waals surface area contributed by atoms with Crippen LogP contribution in [0.3, 0.4) is 0 Å². The minimum Gasteiger partial charge on any atom is -0.481 e. The number of urea groups is 1. The SMILES string of the molecule is CC1CC(C(=O)O)CN(C(=O)NCc2cccc(C(F)(F)F)c2)C1. The first-order chi connectivity index (χ1) is 11.2. The molecule has 1 aromatic carbocycles. The highest BCUT2D eigenvalue weighted by molar-refractivity contribution is 5.76. The molecule has 2 rings (SSSR count). The van der Waals surface area contributed by atoms with Crippen LogP contribution in [0.15, 0.2) is 24.3 Å². The zero-order valence-corrected chi connectivity index (χ0v) is 13.1. The van der Waals surface area contributed by atoms with Gasteiger partial charge in [-0.05, 0) is 30.0 Å². The van der Waals surface area contributed by atoms with Crippen LogP contribution in [0.1, 0.15) is 24.5 Å². The van der Waals surface area contributed by atoms with Gasteiger partial charge in [0.25, 0.3) is 0 Å². The number of carbonyl (C=O) groups excluding carboxylic acids is 1. The number of likely N-dealkylation sites (tertiary alicyclic amines) is 1. The fourth-order valence-corrected chi connectivity index (χ4v) is 2.84. The summed E-state index contributed by atoms with van der Waals surface area (Å²) in [5, 5.41) is 11.7. The number of aliphatic carboxylic acids is 1. The molecule has 0 aromatic heterocycles. The van der Waals surface area contributed by atoms with Crippen LogP contribution in [-0.4, -0.2) is 35.1 Å². The first-order valence-corrected chi connectivity index (χ1v) is 7.58. The molecule has 2 N–H and O–H groups in total. The topological polar surface area (TPSA) is 69.6 Å². The number of carboxylic acids is 1. The molecule has 1 aromatic rings. The van der Waals surface area contributed by atoms with E-state index in [2.05, 4.69) is 5.32 Å². The lowest BCUT2D eigenvalue weighted by Gasteiger charge is -2.34. The molecule has 0 bridgehead atoms. The molecular formula is C16H19F3N2O3. The fraction of sp³-hybridized carbons (Fsp3) is 0.500. The van der Waals surface area contributed by atoms with Crippen molar-refractivity contribution in [1.82, 2.24) is 10.2 Å². The molecule has 1 aliphatic rings. The number of piperidine rings is 1. The molecular weight excluding hydrogens is 325 g/mol. The quantitative estimate of drug-likeness (QED) is 0.886. The van der Waals surface area contributed by atoms with Crippen molar-refractivity contribution in [3.05, 3.63) is 35.4 Å². The van der Waals surface area contributed by atoms with Crippen LogP contribution in [0.25, 0.3) is 0 Å². The van der Waals surface area contributed by atoms with Gasteiger partial charge in [-0.1, -0.05) is 19.1 Å². The van der Waals surface area contributed by atoms with Crippen LogP contribution in [0.4, 0.5) is 18.0 Å². The third kappa shape index (κ3) is 4.62. The van der Waals surface area contributed by atoms with Crippen LogP contribution >= 0.6 is 0 Å². The predicted molar refractivity (Wildman–Crippen MR) is 80.2 cm³/mol. The fourth-order valence-electron chi connectivity index (χ4n) is 2.84. The first kappa shape index (κ1) is 18.1. The number of amides is 2. The van der Waals surface area contributed by atoms with Crippen molar-refractivity contribution in [3.8, 4) is 0 Å². The maximum absolute atomic E-state index is 12.7. The van der Waals surface area contributed by atoms with Gasteiger partial charge in [-0.2, -0.15) is 13.2 Å². The van der Waals surface area contributed by atoms with Gasteiger partial charge in [0.2, 0.25) is 0 Å². The van der Waals surface area contributed by atoms with Crippen molar-refractivity contribution < 1.29 is 27.9 Å². The van der Waals surface area contributed by atoms with E-state index in [-0.39, 0.29) is 19.0 Å². The number of hydrogen-bond acceptors (Lipinski definition) is 2. The largest absolute Gasteiger partial charge is 0.481 e. The molecule has 2 unspecified atom stereocenters. The predicted octanol–water partition coefficient (Wildman–Crippen LogP) is 2.96. The molecule has 5 nitrogen and oxygen atoms in total. The average Bonchev–Trinajstić information content (AvgIpc) is 2.51. The second-order valence-corrected chi connectivity index (χ2v) is 6.14. The number of halogens is 3. The van der Waals surface area contributed by atoms with Crippen LogP contribution in [0, 0.1) is 11.8 Å². The summed E-state index contributed by atoms with van der Waals surface area (Å²) in [6, 6.07) is 4.27. The maximum atomic E-state index is 12.7. The highest BCUT2D eigenvalue weighted by Crippen LogP contribution is 2.29. The summed E-state index contributed by atoms with van der Waals surface area (Å²) in [5.74, 6) is -1.51. The molecule has 2 amide bonds. The van der Waals surface area contributed by atoms with Crippen LogP contribution in [0.2, 0.25) is 0 Å². The van der Waals surface area contributed by atoms with Crippen molar-refractivity contribution in [2.75, 3.05) is 13.1 Å².